The van der Waals surface area contributed by atoms with Crippen LogP contribution in [0.15, 0.2) is 83.7 Å². The molecule has 0 N–H and O–H groups in total. The molecule has 0 unspecified atom stereocenters. The normalized spacial score (nSPS) is 14.0. The average Bonchev–Trinajstić information content (AvgIpc) is 3.43. The van der Waals surface area contributed by atoms with Crippen molar-refractivity contribution in [1.29, 1.82) is 0 Å². The van der Waals surface area contributed by atoms with Gasteiger partial charge in [-0.3, -0.25) is 4.98 Å². The van der Waals surface area contributed by atoms with E-state index >= 15 is 0 Å². The summed E-state index contributed by atoms with van der Waals surface area (Å²) in [6.45, 7) is 15.9. The zero-order valence-electron chi connectivity index (χ0n) is 29.4. The van der Waals surface area contributed by atoms with Crippen molar-refractivity contribution in [2.45, 2.75) is 91.3 Å². The molecule has 6 heteroatoms. The van der Waals surface area contributed by atoms with Gasteiger partial charge >= 0.3 is 0 Å². The van der Waals surface area contributed by atoms with Gasteiger partial charge in [-0.1, -0.05) is 101 Å². The van der Waals surface area contributed by atoms with Gasteiger partial charge < -0.3 is 14.4 Å². The SMILES string of the molecule is C[Si](C)(C)c1cnc(-c2[c-]cccc2)cc1CC1CCCCC1.Cc1cc2oc3c(-c4cc(C(C)(C)C)ccn4)[c-]ccc3c2cn1.[Ir]. The number of hydrogen-bond donors (Lipinski definition) is 0. The first-order chi connectivity index (χ1) is 22.5. The summed E-state index contributed by atoms with van der Waals surface area (Å²) >= 11 is 0. The summed E-state index contributed by atoms with van der Waals surface area (Å²) in [6.07, 6.45) is 14.2. The van der Waals surface area contributed by atoms with Crippen LogP contribution in [0.2, 0.25) is 19.6 Å². The van der Waals surface area contributed by atoms with Gasteiger partial charge in [0.2, 0.25) is 0 Å². The Morgan fingerprint density at radius 3 is 2.33 bits per heavy atom. The Kier molecular flexibility index (Phi) is 11.2. The quantitative estimate of drug-likeness (QED) is 0.128. The summed E-state index contributed by atoms with van der Waals surface area (Å²) in [4.78, 5) is 13.7. The van der Waals surface area contributed by atoms with E-state index in [1.807, 2.05) is 49.6 Å². The Morgan fingerprint density at radius 2 is 1.62 bits per heavy atom. The number of fused-ring (bicyclic) bond motifs is 3. The van der Waals surface area contributed by atoms with E-state index in [1.165, 1.54) is 44.1 Å². The molecule has 0 spiro atoms. The first kappa shape index (κ1) is 35.9. The van der Waals surface area contributed by atoms with Crippen molar-refractivity contribution in [1.82, 2.24) is 15.0 Å². The Labute approximate surface area is 301 Å². The van der Waals surface area contributed by atoms with E-state index in [4.69, 9.17) is 9.40 Å². The first-order valence-electron chi connectivity index (χ1n) is 17.1. The monoisotopic (exact) mass is 830 g/mol. The molecule has 1 saturated carbocycles. The summed E-state index contributed by atoms with van der Waals surface area (Å²) in [7, 11) is -1.36. The van der Waals surface area contributed by atoms with Crippen molar-refractivity contribution in [2.75, 3.05) is 0 Å². The van der Waals surface area contributed by atoms with Gasteiger partial charge in [0.1, 0.15) is 5.58 Å². The molecule has 0 aliphatic heterocycles. The third kappa shape index (κ3) is 8.22. The zero-order chi connectivity index (χ0) is 33.2. The molecule has 1 aliphatic rings. The number of hydrogen-bond acceptors (Lipinski definition) is 4. The smallest absolute Gasteiger partial charge is 0.124 e. The Hall–Kier alpha value is -3.44. The molecule has 48 heavy (non-hydrogen) atoms. The van der Waals surface area contributed by atoms with E-state index in [-0.39, 0.29) is 25.5 Å². The maximum absolute atomic E-state index is 6.13. The molecule has 251 valence electrons. The van der Waals surface area contributed by atoms with Crippen LogP contribution in [0, 0.1) is 25.0 Å². The Bertz CT molecular complexity index is 1980. The van der Waals surface area contributed by atoms with Crippen molar-refractivity contribution in [3.05, 3.63) is 108 Å². The number of nitrogens with zero attached hydrogens (tertiary/aromatic N) is 3. The minimum absolute atomic E-state index is 0. The molecule has 4 heterocycles. The molecule has 4 aromatic heterocycles. The zero-order valence-corrected chi connectivity index (χ0v) is 32.8. The van der Waals surface area contributed by atoms with Crippen molar-refractivity contribution < 1.29 is 24.5 Å². The maximum Gasteiger partial charge on any atom is 0.124 e. The molecule has 1 aliphatic carbocycles. The predicted molar refractivity (Wildman–Crippen MR) is 199 cm³/mol. The van der Waals surface area contributed by atoms with E-state index in [1.54, 1.807) is 10.8 Å². The second-order valence-corrected chi connectivity index (χ2v) is 20.2. The second kappa shape index (κ2) is 15.0. The number of rotatable bonds is 5. The van der Waals surface area contributed by atoms with Gasteiger partial charge in [-0.2, -0.15) is 0 Å². The molecule has 0 saturated heterocycles. The number of furan rings is 1. The van der Waals surface area contributed by atoms with Crippen molar-refractivity contribution in [2.24, 2.45) is 5.92 Å². The van der Waals surface area contributed by atoms with E-state index in [2.05, 4.69) is 99.0 Å². The number of aryl methyl sites for hydroxylation is 1. The number of benzene rings is 2. The molecule has 4 nitrogen and oxygen atoms in total. The fourth-order valence-electron chi connectivity index (χ4n) is 6.70. The van der Waals surface area contributed by atoms with Crippen LogP contribution in [0.1, 0.15) is 69.7 Å². The van der Waals surface area contributed by atoms with Gasteiger partial charge in [0.05, 0.1) is 13.7 Å². The minimum Gasteiger partial charge on any atom is -0.500 e. The molecule has 6 aromatic rings. The maximum atomic E-state index is 6.13. The summed E-state index contributed by atoms with van der Waals surface area (Å²) in [6, 6.07) is 27.3. The van der Waals surface area contributed by atoms with Gasteiger partial charge in [0, 0.05) is 55.8 Å². The first-order valence-corrected chi connectivity index (χ1v) is 20.6. The number of pyridine rings is 3. The van der Waals surface area contributed by atoms with Gasteiger partial charge in [-0.05, 0) is 52.9 Å². The van der Waals surface area contributed by atoms with Crippen LogP contribution in [0.25, 0.3) is 44.5 Å². The summed E-state index contributed by atoms with van der Waals surface area (Å²) < 4.78 is 6.13. The van der Waals surface area contributed by atoms with Crippen LogP contribution < -0.4 is 5.19 Å². The standard InChI is InChI=1S/C21H19N2O.C21H28NSi.Ir/c1-13-10-19-17(12-23-13)15-6-5-7-16(20(15)24-19)18-11-14(8-9-22-18)21(2,3)4;1-23(2,3)21-16-22-20(18-12-8-5-9-13-18)15-19(21)14-17-10-6-4-7-11-17;/h5-6,8-12H,1-4H3;5,8-9,12,15-17H,4,6-7,10-11,14H2,1-3H3;/q2*-1;. The third-order valence-corrected chi connectivity index (χ3v) is 11.4. The Balaban J connectivity index is 0.000000184. The van der Waals surface area contributed by atoms with E-state index in [0.29, 0.717) is 0 Å². The molecule has 0 atom stereocenters. The van der Waals surface area contributed by atoms with Gasteiger partial charge in [-0.15, -0.1) is 54.1 Å². The second-order valence-electron chi connectivity index (χ2n) is 15.2. The average molecular weight is 830 g/mol. The molecule has 2 aromatic carbocycles. The fourth-order valence-corrected chi connectivity index (χ4v) is 8.29. The minimum atomic E-state index is -1.36. The van der Waals surface area contributed by atoms with Crippen LogP contribution in [0.3, 0.4) is 0 Å². The summed E-state index contributed by atoms with van der Waals surface area (Å²) in [5.74, 6) is 0.869. The van der Waals surface area contributed by atoms with E-state index in [0.717, 1.165) is 56.1 Å². The van der Waals surface area contributed by atoms with Crippen LogP contribution >= 0.6 is 0 Å². The predicted octanol–water partition coefficient (Wildman–Crippen LogP) is 10.7. The van der Waals surface area contributed by atoms with Crippen LogP contribution in [-0.4, -0.2) is 23.0 Å². The Morgan fingerprint density at radius 1 is 0.833 bits per heavy atom. The number of aromatic nitrogens is 3. The van der Waals surface area contributed by atoms with Gasteiger partial charge in [0.25, 0.3) is 0 Å². The van der Waals surface area contributed by atoms with Gasteiger partial charge in [0.15, 0.2) is 0 Å². The third-order valence-electron chi connectivity index (χ3n) is 9.35. The summed E-state index contributed by atoms with van der Waals surface area (Å²) in [5, 5.41) is 3.62. The fraction of sp³-hybridized carbons (Fsp3) is 0.357. The largest absolute Gasteiger partial charge is 0.500 e. The van der Waals surface area contributed by atoms with E-state index < -0.39 is 8.07 Å². The van der Waals surface area contributed by atoms with Crippen molar-refractivity contribution >= 4 is 35.2 Å². The van der Waals surface area contributed by atoms with Crippen LogP contribution in [0.4, 0.5) is 0 Å². The van der Waals surface area contributed by atoms with Crippen molar-refractivity contribution in [3.63, 3.8) is 0 Å². The van der Waals surface area contributed by atoms with Gasteiger partial charge in [-0.25, -0.2) is 0 Å². The molecule has 1 fully saturated rings. The molecule has 7 rings (SSSR count). The van der Waals surface area contributed by atoms with Crippen molar-refractivity contribution in [3.8, 4) is 22.5 Å². The van der Waals surface area contributed by atoms with Crippen LogP contribution in [0.5, 0.6) is 0 Å². The molecule has 1 radical (unpaired) electrons. The van der Waals surface area contributed by atoms with E-state index in [9.17, 15) is 0 Å². The molecular weight excluding hydrogens is 783 g/mol. The topological polar surface area (TPSA) is 51.8 Å². The molecule has 0 amide bonds. The summed E-state index contributed by atoms with van der Waals surface area (Å²) in [5.41, 5.74) is 9.45. The van der Waals surface area contributed by atoms with Crippen LogP contribution in [-0.2, 0) is 31.9 Å². The molecular formula is C42H47IrN3OSi-2. The molecule has 0 bridgehead atoms.